The van der Waals surface area contributed by atoms with Gasteiger partial charge in [0.05, 0.1) is 17.8 Å². The number of hydrogen-bond donors (Lipinski definition) is 1. The number of para-hydroxylation sites is 1. The highest BCUT2D eigenvalue weighted by Crippen LogP contribution is 2.17. The quantitative estimate of drug-likeness (QED) is 0.784. The minimum atomic E-state index is -1.07. The Hall–Kier alpha value is -2.76. The van der Waals surface area contributed by atoms with Gasteiger partial charge in [-0.3, -0.25) is 4.98 Å². The van der Waals surface area contributed by atoms with E-state index in [0.29, 0.717) is 12.2 Å². The molecule has 1 N–H and O–H groups in total. The number of rotatable bonds is 3. The summed E-state index contributed by atoms with van der Waals surface area (Å²) in [6.07, 6.45) is 1.74. The molecule has 0 aliphatic carbocycles. The van der Waals surface area contributed by atoms with Gasteiger partial charge in [-0.25, -0.2) is 9.48 Å². The predicted octanol–water partition coefficient (Wildman–Crippen LogP) is 1.88. The number of pyridine rings is 1. The lowest BCUT2D eigenvalue weighted by Gasteiger charge is -2.06. The van der Waals surface area contributed by atoms with Gasteiger partial charge in [-0.2, -0.15) is 0 Å². The molecule has 0 fully saturated rings. The molecule has 3 aromatic rings. The molecule has 100 valence electrons. The van der Waals surface area contributed by atoms with E-state index in [-0.39, 0.29) is 5.69 Å². The first kappa shape index (κ1) is 12.3. The zero-order valence-corrected chi connectivity index (χ0v) is 10.8. The highest BCUT2D eigenvalue weighted by Gasteiger charge is 2.15. The second-order valence-corrected chi connectivity index (χ2v) is 4.48. The van der Waals surface area contributed by atoms with Crippen molar-refractivity contribution >= 4 is 16.9 Å². The minimum Gasteiger partial charge on any atom is -0.476 e. The van der Waals surface area contributed by atoms with Crippen molar-refractivity contribution in [2.45, 2.75) is 13.5 Å². The predicted molar refractivity (Wildman–Crippen MR) is 72.6 cm³/mol. The molecular weight excluding hydrogens is 256 g/mol. The summed E-state index contributed by atoms with van der Waals surface area (Å²) in [6.45, 7) is 2.14. The van der Waals surface area contributed by atoms with Gasteiger partial charge in [0.2, 0.25) is 0 Å². The first-order valence-electron chi connectivity index (χ1n) is 6.13. The maximum atomic E-state index is 11.0. The maximum absolute atomic E-state index is 11.0. The zero-order valence-electron chi connectivity index (χ0n) is 10.8. The Morgan fingerprint density at radius 2 is 2.10 bits per heavy atom. The van der Waals surface area contributed by atoms with E-state index < -0.39 is 5.97 Å². The molecule has 6 heteroatoms. The van der Waals surface area contributed by atoms with Crippen molar-refractivity contribution < 1.29 is 9.90 Å². The molecule has 0 atom stereocenters. The van der Waals surface area contributed by atoms with Gasteiger partial charge in [-0.15, -0.1) is 5.10 Å². The standard InChI is InChI=1S/C14H12N4O2/c1-9-12(14(19)20)16-17-18(9)8-11-5-2-4-10-6-3-7-15-13(10)11/h2-7H,8H2,1H3,(H,19,20). The summed E-state index contributed by atoms with van der Waals surface area (Å²) in [6, 6.07) is 9.77. The summed E-state index contributed by atoms with van der Waals surface area (Å²) < 4.78 is 1.58. The Bertz CT molecular complexity index is 789. The van der Waals surface area contributed by atoms with Crippen LogP contribution in [-0.4, -0.2) is 31.1 Å². The summed E-state index contributed by atoms with van der Waals surface area (Å²) in [5.41, 5.74) is 2.39. The average molecular weight is 268 g/mol. The average Bonchev–Trinajstić information content (AvgIpc) is 2.81. The van der Waals surface area contributed by atoms with E-state index in [2.05, 4.69) is 15.3 Å². The third-order valence-corrected chi connectivity index (χ3v) is 3.22. The molecule has 0 bridgehead atoms. The van der Waals surface area contributed by atoms with E-state index in [9.17, 15) is 4.79 Å². The van der Waals surface area contributed by atoms with Crippen LogP contribution in [0.25, 0.3) is 10.9 Å². The van der Waals surface area contributed by atoms with Crippen molar-refractivity contribution in [1.29, 1.82) is 0 Å². The Morgan fingerprint density at radius 1 is 1.30 bits per heavy atom. The molecule has 0 spiro atoms. The third kappa shape index (κ3) is 2.01. The molecule has 2 aromatic heterocycles. The van der Waals surface area contributed by atoms with Crippen molar-refractivity contribution in [3.05, 3.63) is 53.5 Å². The highest BCUT2D eigenvalue weighted by atomic mass is 16.4. The van der Waals surface area contributed by atoms with E-state index in [1.807, 2.05) is 30.3 Å². The number of aromatic carboxylic acids is 1. The smallest absolute Gasteiger partial charge is 0.358 e. The molecular formula is C14H12N4O2. The van der Waals surface area contributed by atoms with Crippen molar-refractivity contribution in [3.63, 3.8) is 0 Å². The zero-order chi connectivity index (χ0) is 14.1. The number of nitrogens with zero attached hydrogens (tertiary/aromatic N) is 4. The molecule has 0 unspecified atom stereocenters. The van der Waals surface area contributed by atoms with Crippen molar-refractivity contribution in [2.75, 3.05) is 0 Å². The van der Waals surface area contributed by atoms with Crippen LogP contribution in [0.3, 0.4) is 0 Å². The molecule has 0 saturated heterocycles. The molecule has 20 heavy (non-hydrogen) atoms. The number of aromatic nitrogens is 4. The molecule has 0 aliphatic rings. The van der Waals surface area contributed by atoms with E-state index in [1.165, 1.54) is 0 Å². The van der Waals surface area contributed by atoms with Crippen molar-refractivity contribution in [2.24, 2.45) is 0 Å². The molecule has 2 heterocycles. The Morgan fingerprint density at radius 3 is 2.85 bits per heavy atom. The van der Waals surface area contributed by atoms with Gasteiger partial charge >= 0.3 is 5.97 Å². The fourth-order valence-electron chi connectivity index (χ4n) is 2.16. The van der Waals surface area contributed by atoms with Crippen LogP contribution >= 0.6 is 0 Å². The Balaban J connectivity index is 2.04. The van der Waals surface area contributed by atoms with Gasteiger partial charge in [0, 0.05) is 11.6 Å². The van der Waals surface area contributed by atoms with Gasteiger partial charge in [-0.05, 0) is 18.6 Å². The molecule has 0 saturated carbocycles. The Kier molecular flexibility index (Phi) is 2.90. The van der Waals surface area contributed by atoms with Gasteiger partial charge in [-0.1, -0.05) is 29.5 Å². The molecule has 0 aliphatic heterocycles. The number of carbonyl (C=O) groups is 1. The van der Waals surface area contributed by atoms with Gasteiger partial charge in [0.25, 0.3) is 0 Å². The van der Waals surface area contributed by atoms with Crippen LogP contribution < -0.4 is 0 Å². The van der Waals surface area contributed by atoms with Crippen LogP contribution in [0.15, 0.2) is 36.5 Å². The third-order valence-electron chi connectivity index (χ3n) is 3.22. The maximum Gasteiger partial charge on any atom is 0.358 e. The summed E-state index contributed by atoms with van der Waals surface area (Å²) >= 11 is 0. The molecule has 6 nitrogen and oxygen atoms in total. The van der Waals surface area contributed by atoms with E-state index >= 15 is 0 Å². The first-order valence-corrected chi connectivity index (χ1v) is 6.13. The lowest BCUT2D eigenvalue weighted by Crippen LogP contribution is -2.06. The first-order chi connectivity index (χ1) is 9.66. The normalized spacial score (nSPS) is 10.8. The van der Waals surface area contributed by atoms with E-state index in [1.54, 1.807) is 17.8 Å². The summed E-state index contributed by atoms with van der Waals surface area (Å²) in [5.74, 6) is -1.07. The Labute approximate surface area is 114 Å². The highest BCUT2D eigenvalue weighted by molar-refractivity contribution is 5.86. The monoisotopic (exact) mass is 268 g/mol. The fraction of sp³-hybridized carbons (Fsp3) is 0.143. The SMILES string of the molecule is Cc1c(C(=O)O)nnn1Cc1cccc2cccnc12. The molecule has 0 amide bonds. The fourth-order valence-corrected chi connectivity index (χ4v) is 2.16. The molecule has 3 rings (SSSR count). The van der Waals surface area contributed by atoms with Gasteiger partial charge < -0.3 is 5.11 Å². The molecule has 1 aromatic carbocycles. The van der Waals surface area contributed by atoms with Crippen LogP contribution in [0, 0.1) is 6.92 Å². The van der Waals surface area contributed by atoms with E-state index in [4.69, 9.17) is 5.11 Å². The largest absolute Gasteiger partial charge is 0.476 e. The summed E-state index contributed by atoms with van der Waals surface area (Å²) in [4.78, 5) is 15.3. The van der Waals surface area contributed by atoms with Crippen LogP contribution in [0.1, 0.15) is 21.7 Å². The van der Waals surface area contributed by atoms with Gasteiger partial charge in [0.15, 0.2) is 5.69 Å². The summed E-state index contributed by atoms with van der Waals surface area (Å²) in [7, 11) is 0. The van der Waals surface area contributed by atoms with Crippen LogP contribution in [0.5, 0.6) is 0 Å². The molecule has 0 radical (unpaired) electrons. The van der Waals surface area contributed by atoms with Crippen molar-refractivity contribution in [3.8, 4) is 0 Å². The van der Waals surface area contributed by atoms with Crippen LogP contribution in [-0.2, 0) is 6.54 Å². The van der Waals surface area contributed by atoms with Gasteiger partial charge in [0.1, 0.15) is 0 Å². The summed E-state index contributed by atoms with van der Waals surface area (Å²) in [5, 5.41) is 17.6. The second kappa shape index (κ2) is 4.73. The topological polar surface area (TPSA) is 80.9 Å². The minimum absolute atomic E-state index is 0.0156. The second-order valence-electron chi connectivity index (χ2n) is 4.48. The van der Waals surface area contributed by atoms with Crippen LogP contribution in [0.2, 0.25) is 0 Å². The number of fused-ring (bicyclic) bond motifs is 1. The van der Waals surface area contributed by atoms with E-state index in [0.717, 1.165) is 16.5 Å². The number of carboxylic acids is 1. The lowest BCUT2D eigenvalue weighted by atomic mass is 10.1. The lowest BCUT2D eigenvalue weighted by molar-refractivity contribution is 0.0689. The van der Waals surface area contributed by atoms with Crippen LogP contribution in [0.4, 0.5) is 0 Å². The number of carboxylic acid groups (broad SMARTS) is 1. The number of benzene rings is 1. The number of hydrogen-bond acceptors (Lipinski definition) is 4. The van der Waals surface area contributed by atoms with Crippen molar-refractivity contribution in [1.82, 2.24) is 20.0 Å².